The van der Waals surface area contributed by atoms with E-state index in [4.69, 9.17) is 14.2 Å². The van der Waals surface area contributed by atoms with Gasteiger partial charge in [-0.1, -0.05) is 259 Å². The number of hydrogen-bond acceptors (Lipinski definition) is 6. The second-order valence-electron chi connectivity index (χ2n) is 18.6. The number of carbonyl (C=O) groups is 3. The van der Waals surface area contributed by atoms with E-state index >= 15 is 0 Å². The standard InChI is InChI=1S/C53H102O6/c1-5-7-9-11-13-15-17-19-20-26-30-34-38-42-46-53(56)59-50(47-57-51(54)44-40-36-32-28-24-18-16-14-12-10-8-6-2)48-58-52(55)45-41-37-33-29-25-22-21-23-27-31-35-39-43-49(3)4/h49-50H,5-48H2,1-4H3/t50-/m1/s1. The molecule has 0 spiro atoms. The molecule has 0 heterocycles. The molecule has 350 valence electrons. The lowest BCUT2D eigenvalue weighted by Gasteiger charge is -2.18. The fraction of sp³-hybridized carbons (Fsp3) is 0.943. The molecule has 6 heteroatoms. The van der Waals surface area contributed by atoms with Crippen LogP contribution in [0.15, 0.2) is 0 Å². The van der Waals surface area contributed by atoms with Crippen molar-refractivity contribution < 1.29 is 28.6 Å². The van der Waals surface area contributed by atoms with E-state index in [1.54, 1.807) is 0 Å². The molecule has 0 aromatic heterocycles. The van der Waals surface area contributed by atoms with Crippen LogP contribution >= 0.6 is 0 Å². The maximum atomic E-state index is 12.8. The predicted molar refractivity (Wildman–Crippen MR) is 252 cm³/mol. The van der Waals surface area contributed by atoms with E-state index < -0.39 is 6.10 Å². The van der Waals surface area contributed by atoms with E-state index in [0.29, 0.717) is 19.3 Å². The van der Waals surface area contributed by atoms with Crippen LogP contribution in [0.25, 0.3) is 0 Å². The molecule has 0 radical (unpaired) electrons. The SMILES string of the molecule is CCCCCCCCCCCCCCCCC(=O)O[C@H](COC(=O)CCCCCCCCCCCCCC)COC(=O)CCCCCCCCCCCCCCC(C)C. The number of ether oxygens (including phenoxy) is 3. The zero-order valence-electron chi connectivity index (χ0n) is 40.2. The Kier molecular flexibility index (Phi) is 46.2. The predicted octanol–water partition coefficient (Wildman–Crippen LogP) is 17.1. The minimum atomic E-state index is -0.760. The summed E-state index contributed by atoms with van der Waals surface area (Å²) in [4.78, 5) is 37.9. The van der Waals surface area contributed by atoms with Gasteiger partial charge in [0.15, 0.2) is 6.10 Å². The maximum Gasteiger partial charge on any atom is 0.306 e. The Labute approximate surface area is 368 Å². The molecule has 0 bridgehead atoms. The summed E-state index contributed by atoms with van der Waals surface area (Å²) in [6.45, 7) is 9.03. The Bertz CT molecular complexity index is 887. The van der Waals surface area contributed by atoms with Gasteiger partial charge in [-0.2, -0.15) is 0 Å². The molecule has 0 aliphatic heterocycles. The van der Waals surface area contributed by atoms with Gasteiger partial charge < -0.3 is 14.2 Å². The summed E-state index contributed by atoms with van der Waals surface area (Å²) in [6.07, 6.45) is 49.4. The van der Waals surface area contributed by atoms with Gasteiger partial charge in [0.2, 0.25) is 0 Å². The molecule has 59 heavy (non-hydrogen) atoms. The normalized spacial score (nSPS) is 11.9. The van der Waals surface area contributed by atoms with Gasteiger partial charge in [-0.15, -0.1) is 0 Å². The quantitative estimate of drug-likeness (QED) is 0.0345. The molecule has 0 rings (SSSR count). The van der Waals surface area contributed by atoms with Gasteiger partial charge in [-0.3, -0.25) is 14.4 Å². The van der Waals surface area contributed by atoms with Crippen molar-refractivity contribution >= 4 is 17.9 Å². The first-order valence-electron chi connectivity index (χ1n) is 26.4. The number of rotatable bonds is 48. The van der Waals surface area contributed by atoms with Crippen molar-refractivity contribution in [3.8, 4) is 0 Å². The van der Waals surface area contributed by atoms with Gasteiger partial charge in [0.1, 0.15) is 13.2 Å². The molecule has 0 amide bonds. The number of carbonyl (C=O) groups excluding carboxylic acids is 3. The number of hydrogen-bond donors (Lipinski definition) is 0. The van der Waals surface area contributed by atoms with Crippen LogP contribution in [0.3, 0.4) is 0 Å². The van der Waals surface area contributed by atoms with Gasteiger partial charge in [-0.25, -0.2) is 0 Å². The van der Waals surface area contributed by atoms with E-state index in [1.165, 1.54) is 193 Å². The van der Waals surface area contributed by atoms with Crippen LogP contribution in [0.2, 0.25) is 0 Å². The van der Waals surface area contributed by atoms with Crippen LogP contribution in [0.4, 0.5) is 0 Å². The Balaban J connectivity index is 4.30. The van der Waals surface area contributed by atoms with Crippen molar-refractivity contribution in [3.63, 3.8) is 0 Å². The van der Waals surface area contributed by atoms with Gasteiger partial charge in [-0.05, 0) is 25.2 Å². The first-order valence-corrected chi connectivity index (χ1v) is 26.4. The van der Waals surface area contributed by atoms with Gasteiger partial charge in [0, 0.05) is 19.3 Å². The zero-order chi connectivity index (χ0) is 43.1. The van der Waals surface area contributed by atoms with E-state index in [-0.39, 0.29) is 31.1 Å². The molecule has 6 nitrogen and oxygen atoms in total. The summed E-state index contributed by atoms with van der Waals surface area (Å²) in [7, 11) is 0. The summed E-state index contributed by atoms with van der Waals surface area (Å²) < 4.78 is 16.8. The monoisotopic (exact) mass is 835 g/mol. The largest absolute Gasteiger partial charge is 0.462 e. The van der Waals surface area contributed by atoms with Crippen LogP contribution < -0.4 is 0 Å². The lowest BCUT2D eigenvalue weighted by Crippen LogP contribution is -2.30. The van der Waals surface area contributed by atoms with Crippen LogP contribution in [0.5, 0.6) is 0 Å². The van der Waals surface area contributed by atoms with Gasteiger partial charge in [0.05, 0.1) is 0 Å². The van der Waals surface area contributed by atoms with E-state index in [0.717, 1.165) is 63.7 Å². The fourth-order valence-electron chi connectivity index (χ4n) is 8.04. The third-order valence-corrected chi connectivity index (χ3v) is 12.0. The highest BCUT2D eigenvalue weighted by Gasteiger charge is 2.19. The number of esters is 3. The first-order chi connectivity index (χ1) is 28.9. The topological polar surface area (TPSA) is 78.9 Å². The van der Waals surface area contributed by atoms with Gasteiger partial charge in [0.25, 0.3) is 0 Å². The highest BCUT2D eigenvalue weighted by molar-refractivity contribution is 5.71. The van der Waals surface area contributed by atoms with E-state index in [9.17, 15) is 14.4 Å². The molecule has 0 aromatic rings. The molecule has 1 atom stereocenters. The Morgan fingerprint density at radius 1 is 0.322 bits per heavy atom. The van der Waals surface area contributed by atoms with Crippen LogP contribution in [0, 0.1) is 5.92 Å². The molecule has 0 N–H and O–H groups in total. The average molecular weight is 835 g/mol. The summed E-state index contributed by atoms with van der Waals surface area (Å²) in [6, 6.07) is 0. The van der Waals surface area contributed by atoms with Crippen molar-refractivity contribution in [2.45, 2.75) is 303 Å². The molecule has 0 aliphatic rings. The highest BCUT2D eigenvalue weighted by Crippen LogP contribution is 2.17. The molecule has 0 unspecified atom stereocenters. The second-order valence-corrected chi connectivity index (χ2v) is 18.6. The maximum absolute atomic E-state index is 12.8. The summed E-state index contributed by atoms with van der Waals surface area (Å²) >= 11 is 0. The third kappa shape index (κ3) is 47.3. The van der Waals surface area contributed by atoms with Gasteiger partial charge >= 0.3 is 17.9 Å². The minimum absolute atomic E-state index is 0.0625. The molecular weight excluding hydrogens is 733 g/mol. The molecule has 0 saturated heterocycles. The van der Waals surface area contributed by atoms with Crippen LogP contribution in [-0.2, 0) is 28.6 Å². The summed E-state index contributed by atoms with van der Waals surface area (Å²) in [5.74, 6) is -0.00847. The fourth-order valence-corrected chi connectivity index (χ4v) is 8.04. The van der Waals surface area contributed by atoms with E-state index in [1.807, 2.05) is 0 Å². The molecular formula is C53H102O6. The molecule has 0 saturated carbocycles. The third-order valence-electron chi connectivity index (χ3n) is 12.0. The summed E-state index contributed by atoms with van der Waals surface area (Å²) in [5.41, 5.74) is 0. The molecule has 0 fully saturated rings. The van der Waals surface area contributed by atoms with Crippen LogP contribution in [0.1, 0.15) is 297 Å². The first kappa shape index (κ1) is 57.4. The van der Waals surface area contributed by atoms with Crippen molar-refractivity contribution in [2.75, 3.05) is 13.2 Å². The summed E-state index contributed by atoms with van der Waals surface area (Å²) in [5, 5.41) is 0. The minimum Gasteiger partial charge on any atom is -0.462 e. The molecule has 0 aromatic carbocycles. The lowest BCUT2D eigenvalue weighted by molar-refractivity contribution is -0.167. The second kappa shape index (κ2) is 47.5. The van der Waals surface area contributed by atoms with Crippen LogP contribution in [-0.4, -0.2) is 37.2 Å². The van der Waals surface area contributed by atoms with Crippen molar-refractivity contribution in [3.05, 3.63) is 0 Å². The average Bonchev–Trinajstić information content (AvgIpc) is 3.22. The Morgan fingerprint density at radius 2 is 0.559 bits per heavy atom. The Hall–Kier alpha value is -1.59. The Morgan fingerprint density at radius 3 is 0.831 bits per heavy atom. The van der Waals surface area contributed by atoms with Crippen molar-refractivity contribution in [1.29, 1.82) is 0 Å². The van der Waals surface area contributed by atoms with Crippen molar-refractivity contribution in [1.82, 2.24) is 0 Å². The lowest BCUT2D eigenvalue weighted by atomic mass is 10.0. The smallest absolute Gasteiger partial charge is 0.306 e. The molecule has 0 aliphatic carbocycles. The van der Waals surface area contributed by atoms with E-state index in [2.05, 4.69) is 27.7 Å². The number of unbranched alkanes of at least 4 members (excludes halogenated alkanes) is 35. The highest BCUT2D eigenvalue weighted by atomic mass is 16.6. The van der Waals surface area contributed by atoms with Crippen molar-refractivity contribution in [2.24, 2.45) is 5.92 Å². The zero-order valence-corrected chi connectivity index (χ0v) is 40.2.